The van der Waals surface area contributed by atoms with Crippen molar-refractivity contribution in [2.45, 2.75) is 180 Å². The molecule has 8 aromatic rings. The number of rotatable bonds is 19. The number of hydrogen-bond donors (Lipinski definition) is 2. The predicted octanol–water partition coefficient (Wildman–Crippen LogP) is 17.8. The molecule has 0 radical (unpaired) electrons. The summed E-state index contributed by atoms with van der Waals surface area (Å²) in [5, 5.41) is 11.8. The monoisotopic (exact) mass is 2160 g/mol. The molecule has 8 aliphatic rings. The maximum Gasteiger partial charge on any atom is 1.00 e. The number of fused-ring (bicyclic) bond motifs is 12. The molecule has 3 N–H and O–H groups in total. The Morgan fingerprint density at radius 3 is 0.910 bits per heavy atom. The van der Waals surface area contributed by atoms with E-state index >= 15 is 13.2 Å². The Morgan fingerprint density at radius 1 is 0.393 bits per heavy atom. The number of hydrogen-bond acceptors (Lipinski definition) is 21. The molecular weight excluding hydrogens is 2070 g/mol. The van der Waals surface area contributed by atoms with E-state index < -0.39 is 265 Å². The van der Waals surface area contributed by atoms with Crippen LogP contribution in [0.1, 0.15) is 162 Å². The molecule has 4 aliphatic heterocycles. The van der Waals surface area contributed by atoms with Crippen molar-refractivity contribution in [3.63, 3.8) is 0 Å². The molecule has 0 saturated heterocycles. The van der Waals surface area contributed by atoms with Gasteiger partial charge in [-0.3, -0.25) is 24.0 Å². The molecular formula is C96H95F20LiNO22PS4. The van der Waals surface area contributed by atoms with E-state index in [-0.39, 0.29) is 189 Å². The zero-order chi connectivity index (χ0) is 105. The number of sulfone groups is 4. The van der Waals surface area contributed by atoms with Crippen LogP contribution < -0.4 is 43.1 Å². The summed E-state index contributed by atoms with van der Waals surface area (Å²) < 4.78 is 420. The number of alkyl halides is 12. The molecule has 0 aromatic heterocycles. The molecule has 8 aromatic carbocycles. The van der Waals surface area contributed by atoms with Crippen molar-refractivity contribution >= 4 is 76.1 Å². The van der Waals surface area contributed by atoms with E-state index in [0.29, 0.717) is 61.7 Å². The molecule has 4 aliphatic carbocycles. The Labute approximate surface area is 831 Å². The number of carboxylic acids is 1. The first-order chi connectivity index (χ1) is 66.6. The van der Waals surface area contributed by atoms with Crippen LogP contribution >= 0.6 is 7.14 Å². The van der Waals surface area contributed by atoms with Crippen molar-refractivity contribution in [1.82, 2.24) is 5.32 Å². The minimum atomic E-state index is -4.68. The van der Waals surface area contributed by atoms with Crippen LogP contribution in [0, 0.1) is 88.0 Å². The van der Waals surface area contributed by atoms with Gasteiger partial charge in [0.05, 0.1) is 117 Å². The Bertz CT molecular complexity index is 6490. The van der Waals surface area contributed by atoms with E-state index in [1.807, 2.05) is 0 Å². The largest absolute Gasteiger partial charge is 1.00 e. The number of amides is 1. The van der Waals surface area contributed by atoms with E-state index in [1.54, 1.807) is 34.1 Å². The standard InChI is InChI=1S/C24H24F5NO4S.C24H23F5O5S.C22H19F5O5S.C20H15F5O4S.C6H13O3P.Li.H2O/c1-2-30-20(31)12-14-9-10-23(35(32,33)17-5-3-15(4-6-17)24(27,28)29)16(11-14)13-34-22-19(26)8-7-18(25)21(22)23;1-2-33-20(30)12-14-9-10-23(35(31,32)17-5-3-15(4-6-17)24(27,28)29)16(11-14)13-34-22-19(26)8-7-18(25)21(22)23;23-16-5-6-17(24)20-19(16)21(8-7-12(10-18(28)29)9-14(21)11-32-20)33(30,31)15-3-1-13(2-4-15)22(25,26)27;21-15-5-6-16(22)18-17(15)19(8-7-13(26)9-12(19)10-29-18)30(27,28)14-3-1-11(2-4-14)20(23,24)25;1-4-9-6(7)5-10(2,3)8;;/h3-8,14,16H,2,9-13H2,1H3,(H,30,31);3-8,14,16H,2,9-13H2,1H3;1-6,12,14H,7-11H2,(H,28,29);1-6,12H,7-10H2;4-5H2,1-3H3;;1H2/q;;;;;+1;/p-1/t2*14-,16-,23+;12-,14-,21+;12-,19+;;;/m1111.../s1. The first-order valence-electron chi connectivity index (χ1n) is 44.6. The van der Waals surface area contributed by atoms with Crippen molar-refractivity contribution < 1.29 is 208 Å². The Kier molecular flexibility index (Phi) is 35.9. The number of carbonyl (C=O) groups excluding carboxylic acids is 4. The van der Waals surface area contributed by atoms with Crippen LogP contribution in [0.25, 0.3) is 0 Å². The second-order valence-electron chi connectivity index (χ2n) is 36.1. The Morgan fingerprint density at radius 2 is 0.648 bits per heavy atom. The zero-order valence-electron chi connectivity index (χ0n) is 77.9. The number of ketones is 1. The van der Waals surface area contributed by atoms with Gasteiger partial charge in [-0.15, -0.1) is 0 Å². The summed E-state index contributed by atoms with van der Waals surface area (Å²) >= 11 is 0. The van der Waals surface area contributed by atoms with Crippen molar-refractivity contribution in [2.75, 3.05) is 65.7 Å². The minimum absolute atomic E-state index is 0. The molecule has 0 spiro atoms. The Balaban J connectivity index is 0.000000191. The summed E-state index contributed by atoms with van der Waals surface area (Å²) in [4.78, 5) is 56.2. The number of carboxylic acid groups (broad SMARTS) is 1. The fraction of sp³-hybridized carbons (Fsp3) is 0.448. The van der Waals surface area contributed by atoms with E-state index in [4.69, 9.17) is 28.8 Å². The molecule has 0 bridgehead atoms. The number of Topliss-reactive ketones (excluding diaryl/α,β-unsaturated/α-hetero) is 1. The summed E-state index contributed by atoms with van der Waals surface area (Å²) in [5.41, 5.74) is -6.05. The number of ether oxygens (including phenoxy) is 6. The third-order valence-electron chi connectivity index (χ3n) is 26.9. The van der Waals surface area contributed by atoms with Crippen molar-refractivity contribution in [1.29, 1.82) is 0 Å². The molecule has 4 heterocycles. The summed E-state index contributed by atoms with van der Waals surface area (Å²) in [6.45, 7) is 8.15. The maximum absolute atomic E-state index is 15.2. The average Bonchev–Trinajstić information content (AvgIpc) is 0.714. The van der Waals surface area contributed by atoms with Gasteiger partial charge in [0.25, 0.3) is 0 Å². The molecule has 11 atom stereocenters. The van der Waals surface area contributed by atoms with Gasteiger partial charge in [-0.25, -0.2) is 68.8 Å². The maximum atomic E-state index is 15.2. The first-order valence-corrected chi connectivity index (χ1v) is 53.3. The van der Waals surface area contributed by atoms with Crippen LogP contribution in [0.2, 0.25) is 0 Å². The Hall–Kier alpha value is -10.3. The van der Waals surface area contributed by atoms with Gasteiger partial charge in [-0.1, -0.05) is 0 Å². The number of nitrogens with one attached hydrogen (secondary N) is 1. The molecule has 786 valence electrons. The third-order valence-corrected chi connectivity index (χ3v) is 38.3. The molecule has 23 nitrogen and oxygen atoms in total. The molecule has 145 heavy (non-hydrogen) atoms. The van der Waals surface area contributed by atoms with Crippen LogP contribution in [0.5, 0.6) is 23.0 Å². The van der Waals surface area contributed by atoms with E-state index in [2.05, 4.69) is 10.1 Å². The summed E-state index contributed by atoms with van der Waals surface area (Å²) in [6.07, 6.45) is -19.1. The van der Waals surface area contributed by atoms with Gasteiger partial charge in [0.1, 0.15) is 48.0 Å². The molecule has 4 fully saturated rings. The number of aliphatic carboxylic acids is 1. The fourth-order valence-electron chi connectivity index (χ4n) is 20.6. The second kappa shape index (κ2) is 44.6. The number of esters is 2. The van der Waals surface area contributed by atoms with Gasteiger partial charge in [-0.2, -0.15) is 52.7 Å². The molecule has 1 amide bonds. The number of carbonyl (C=O) groups is 5. The average molecular weight is 2160 g/mol. The molecule has 49 heteroatoms. The van der Waals surface area contributed by atoms with Crippen LogP contribution in [0.15, 0.2) is 165 Å². The normalized spacial score (nSPS) is 23.1. The van der Waals surface area contributed by atoms with Gasteiger partial charge in [0, 0.05) is 62.3 Å². The van der Waals surface area contributed by atoms with E-state index in [0.717, 1.165) is 97.1 Å². The zero-order valence-corrected chi connectivity index (χ0v) is 82.0. The SMILES string of the molecule is CCNC(=O)C[C@@H]1CC[C@@]2(S(=O)(=O)c3ccc(C(F)(F)F)cc3)c3c(F)ccc(F)c3OC[C@H]2C1.CCOC(=O)CP(C)(C)=O.CCOC(=O)C[C@@H]1CC[C@@]2(S(=O)(=O)c3ccc(C(F)(F)F)cc3)c3c(F)ccc(F)c3OC[C@H]2C1.O=C(O)C[C@@H]1CC[C@@]2(S(=O)(=O)c3ccc(C(F)(F)F)cc3)c3c(F)ccc(F)c3OC[C@H]2C1.O=C1CC[C@@]2(S(=O)(=O)c3ccc(C(F)(F)F)cc3)c3c(F)ccc(F)c3OC[C@H]2C1.[Li+].[OH-]. The number of halogens is 20. The van der Waals surface area contributed by atoms with Gasteiger partial charge in [-0.05, 0) is 262 Å². The smallest absolute Gasteiger partial charge is 0.870 e. The molecule has 16 rings (SSSR count). The van der Waals surface area contributed by atoms with E-state index in [9.17, 15) is 137 Å². The minimum Gasteiger partial charge on any atom is -0.870 e. The molecule has 4 saturated carbocycles. The van der Waals surface area contributed by atoms with Crippen molar-refractivity contribution in [3.8, 4) is 23.0 Å². The number of benzene rings is 8. The molecule has 0 unspecified atom stereocenters. The fourth-order valence-corrected chi connectivity index (χ4v) is 30.7. The van der Waals surface area contributed by atoms with Crippen LogP contribution in [-0.2, 0) is 121 Å². The van der Waals surface area contributed by atoms with Gasteiger partial charge in [0.15, 0.2) is 85.6 Å². The predicted molar refractivity (Wildman–Crippen MR) is 473 cm³/mol. The van der Waals surface area contributed by atoms with Crippen LogP contribution in [0.3, 0.4) is 0 Å². The summed E-state index contributed by atoms with van der Waals surface area (Å²) in [7, 11) is -20.4. The summed E-state index contributed by atoms with van der Waals surface area (Å²) in [6, 6.07) is 18.1. The third kappa shape index (κ3) is 23.3. The van der Waals surface area contributed by atoms with Gasteiger partial charge in [0.2, 0.25) is 5.91 Å². The summed E-state index contributed by atoms with van der Waals surface area (Å²) in [5.74, 6) is -16.7. The van der Waals surface area contributed by atoms with Gasteiger partial charge >= 0.3 is 61.5 Å². The topological polar surface area (TPSA) is 357 Å². The second-order valence-corrected chi connectivity index (χ2v) is 48.4. The van der Waals surface area contributed by atoms with Crippen molar-refractivity contribution in [3.05, 3.63) is 237 Å². The quantitative estimate of drug-likeness (QED) is 0.0329. The van der Waals surface area contributed by atoms with E-state index in [1.165, 1.54) is 0 Å². The van der Waals surface area contributed by atoms with Gasteiger partial charge < -0.3 is 48.9 Å². The first kappa shape index (κ1) is 117. The van der Waals surface area contributed by atoms with Crippen LogP contribution in [0.4, 0.5) is 87.8 Å². The van der Waals surface area contributed by atoms with Crippen molar-refractivity contribution in [2.24, 2.45) is 41.4 Å². The van der Waals surface area contributed by atoms with Crippen LogP contribution in [-0.4, -0.2) is 140 Å².